The van der Waals surface area contributed by atoms with Crippen molar-refractivity contribution >= 4 is 26.8 Å². The van der Waals surface area contributed by atoms with Crippen LogP contribution in [-0.4, -0.2) is 4.98 Å². The molecule has 0 saturated heterocycles. The molecule has 0 amide bonds. The number of halogens is 1. The minimum Gasteiger partial charge on any atom is -0.253 e. The van der Waals surface area contributed by atoms with E-state index in [0.29, 0.717) is 0 Å². The average Bonchev–Trinajstić information content (AvgIpc) is 2.68. The molecule has 1 aliphatic carbocycles. The van der Waals surface area contributed by atoms with E-state index in [0.717, 1.165) is 16.4 Å². The number of pyridine rings is 1. The molecule has 1 heterocycles. The largest absolute Gasteiger partial charge is 0.253 e. The van der Waals surface area contributed by atoms with Gasteiger partial charge in [-0.1, -0.05) is 15.9 Å². The highest BCUT2D eigenvalue weighted by Gasteiger charge is 2.16. The topological polar surface area (TPSA) is 12.9 Å². The van der Waals surface area contributed by atoms with E-state index in [4.69, 9.17) is 4.98 Å². The van der Waals surface area contributed by atoms with Crippen molar-refractivity contribution in [2.45, 2.75) is 26.2 Å². The third-order valence-corrected chi connectivity index (χ3v) is 3.75. The number of rotatable bonds is 0. The highest BCUT2D eigenvalue weighted by atomic mass is 79.9. The summed E-state index contributed by atoms with van der Waals surface area (Å²) in [6.45, 7) is 2.22. The number of benzene rings is 1. The van der Waals surface area contributed by atoms with Gasteiger partial charge in [-0.15, -0.1) is 0 Å². The van der Waals surface area contributed by atoms with Gasteiger partial charge in [-0.25, -0.2) is 0 Å². The lowest BCUT2D eigenvalue weighted by Gasteiger charge is -2.08. The fourth-order valence-electron chi connectivity index (χ4n) is 2.47. The predicted molar refractivity (Wildman–Crippen MR) is 66.2 cm³/mol. The Labute approximate surface area is 97.7 Å². The fourth-order valence-corrected chi connectivity index (χ4v) is 2.83. The van der Waals surface area contributed by atoms with Crippen LogP contribution in [0.3, 0.4) is 0 Å². The first-order valence-electron chi connectivity index (χ1n) is 5.33. The van der Waals surface area contributed by atoms with Crippen LogP contribution in [0.2, 0.25) is 0 Å². The smallest absolute Gasteiger partial charge is 0.0708 e. The average molecular weight is 262 g/mol. The van der Waals surface area contributed by atoms with E-state index in [9.17, 15) is 0 Å². The quantitative estimate of drug-likeness (QED) is 0.703. The first-order valence-corrected chi connectivity index (χ1v) is 6.12. The summed E-state index contributed by atoms with van der Waals surface area (Å²) in [4.78, 5) is 4.74. The van der Waals surface area contributed by atoms with Crippen molar-refractivity contribution in [3.05, 3.63) is 39.5 Å². The highest BCUT2D eigenvalue weighted by molar-refractivity contribution is 9.10. The van der Waals surface area contributed by atoms with Crippen molar-refractivity contribution in [3.8, 4) is 0 Å². The van der Waals surface area contributed by atoms with E-state index in [1.807, 2.05) is 0 Å². The molecule has 1 aliphatic rings. The van der Waals surface area contributed by atoms with E-state index in [1.165, 1.54) is 35.0 Å². The van der Waals surface area contributed by atoms with Gasteiger partial charge in [0.15, 0.2) is 0 Å². The summed E-state index contributed by atoms with van der Waals surface area (Å²) in [7, 11) is 0. The Morgan fingerprint density at radius 2 is 2.13 bits per heavy atom. The van der Waals surface area contributed by atoms with Crippen LogP contribution in [0.1, 0.15) is 23.2 Å². The van der Waals surface area contributed by atoms with Gasteiger partial charge in [-0.05, 0) is 55.5 Å². The number of fused-ring (bicyclic) bond motifs is 2. The van der Waals surface area contributed by atoms with Crippen LogP contribution >= 0.6 is 15.9 Å². The van der Waals surface area contributed by atoms with E-state index >= 15 is 0 Å². The van der Waals surface area contributed by atoms with E-state index in [-0.39, 0.29) is 0 Å². The van der Waals surface area contributed by atoms with Crippen LogP contribution in [0.15, 0.2) is 22.7 Å². The molecule has 2 aromatic rings. The molecule has 0 N–H and O–H groups in total. The maximum atomic E-state index is 4.74. The van der Waals surface area contributed by atoms with E-state index < -0.39 is 0 Å². The third kappa shape index (κ3) is 1.39. The van der Waals surface area contributed by atoms with Crippen LogP contribution in [0.4, 0.5) is 0 Å². The molecule has 3 rings (SSSR count). The van der Waals surface area contributed by atoms with Crippen LogP contribution < -0.4 is 0 Å². The lowest BCUT2D eigenvalue weighted by molar-refractivity contribution is 0.900. The number of nitrogens with zero attached hydrogens (tertiary/aromatic N) is 1. The van der Waals surface area contributed by atoms with Crippen molar-refractivity contribution in [1.82, 2.24) is 4.98 Å². The van der Waals surface area contributed by atoms with Crippen LogP contribution in [0, 0.1) is 6.92 Å². The number of hydrogen-bond acceptors (Lipinski definition) is 1. The molecule has 1 nitrogen and oxygen atoms in total. The number of aromatic nitrogens is 1. The standard InChI is InChI=1S/C13H12BrN/c1-8-10-3-2-4-12(10)15-13-6-5-9(14)7-11(8)13/h5-7H,2-4H2,1H3. The Bertz CT molecular complexity index is 546. The minimum absolute atomic E-state index is 1.14. The monoisotopic (exact) mass is 261 g/mol. The second-order valence-electron chi connectivity index (χ2n) is 4.18. The summed E-state index contributed by atoms with van der Waals surface area (Å²) in [6, 6.07) is 6.34. The van der Waals surface area contributed by atoms with Gasteiger partial charge in [0.05, 0.1) is 5.52 Å². The van der Waals surface area contributed by atoms with Crippen molar-refractivity contribution in [1.29, 1.82) is 0 Å². The molecule has 15 heavy (non-hydrogen) atoms. The summed E-state index contributed by atoms with van der Waals surface area (Å²) in [5.41, 5.74) is 5.37. The molecule has 2 heteroatoms. The molecule has 0 bridgehead atoms. The van der Waals surface area contributed by atoms with Gasteiger partial charge in [0.25, 0.3) is 0 Å². The molecule has 0 radical (unpaired) electrons. The molecule has 0 fully saturated rings. The van der Waals surface area contributed by atoms with E-state index in [2.05, 4.69) is 41.1 Å². The second-order valence-corrected chi connectivity index (χ2v) is 5.09. The molecular formula is C13H12BrN. The van der Waals surface area contributed by atoms with Crippen molar-refractivity contribution in [3.63, 3.8) is 0 Å². The Balaban J connectivity index is 2.41. The van der Waals surface area contributed by atoms with Crippen LogP contribution in [0.25, 0.3) is 10.9 Å². The molecular weight excluding hydrogens is 250 g/mol. The maximum absolute atomic E-state index is 4.74. The van der Waals surface area contributed by atoms with Gasteiger partial charge >= 0.3 is 0 Å². The molecule has 1 aromatic heterocycles. The number of hydrogen-bond donors (Lipinski definition) is 0. The predicted octanol–water partition coefficient (Wildman–Crippen LogP) is 3.79. The van der Waals surface area contributed by atoms with E-state index in [1.54, 1.807) is 0 Å². The highest BCUT2D eigenvalue weighted by Crippen LogP contribution is 2.30. The summed E-state index contributed by atoms with van der Waals surface area (Å²) >= 11 is 3.52. The van der Waals surface area contributed by atoms with Gasteiger partial charge in [0, 0.05) is 15.6 Å². The summed E-state index contributed by atoms with van der Waals surface area (Å²) < 4.78 is 1.14. The van der Waals surface area contributed by atoms with Crippen molar-refractivity contribution < 1.29 is 0 Å². The molecule has 76 valence electrons. The summed E-state index contributed by atoms with van der Waals surface area (Å²) in [5, 5.41) is 1.30. The summed E-state index contributed by atoms with van der Waals surface area (Å²) in [6.07, 6.45) is 3.62. The Morgan fingerprint density at radius 1 is 1.27 bits per heavy atom. The lowest BCUT2D eigenvalue weighted by Crippen LogP contribution is -1.94. The van der Waals surface area contributed by atoms with Gasteiger partial charge in [-0.2, -0.15) is 0 Å². The maximum Gasteiger partial charge on any atom is 0.0708 e. The molecule has 0 aliphatic heterocycles. The zero-order chi connectivity index (χ0) is 10.4. The SMILES string of the molecule is Cc1c2c(nc3ccc(Br)cc13)CCC2. The first-order chi connectivity index (χ1) is 7.25. The van der Waals surface area contributed by atoms with Gasteiger partial charge in [0.2, 0.25) is 0 Å². The molecule has 0 unspecified atom stereocenters. The molecule has 1 aromatic carbocycles. The normalized spacial score (nSPS) is 14.5. The Morgan fingerprint density at radius 3 is 3.00 bits per heavy atom. The first kappa shape index (κ1) is 9.34. The van der Waals surface area contributed by atoms with Crippen molar-refractivity contribution in [2.24, 2.45) is 0 Å². The fraction of sp³-hybridized carbons (Fsp3) is 0.308. The Kier molecular flexibility index (Phi) is 2.06. The molecule has 0 spiro atoms. The van der Waals surface area contributed by atoms with Gasteiger partial charge < -0.3 is 0 Å². The number of aryl methyl sites for hydroxylation is 2. The van der Waals surface area contributed by atoms with Crippen LogP contribution in [0.5, 0.6) is 0 Å². The second kappa shape index (κ2) is 3.31. The van der Waals surface area contributed by atoms with Crippen LogP contribution in [-0.2, 0) is 12.8 Å². The van der Waals surface area contributed by atoms with Gasteiger partial charge in [0.1, 0.15) is 0 Å². The summed E-state index contributed by atoms with van der Waals surface area (Å²) in [5.74, 6) is 0. The van der Waals surface area contributed by atoms with Gasteiger partial charge in [-0.3, -0.25) is 4.98 Å². The zero-order valence-corrected chi connectivity index (χ0v) is 10.3. The zero-order valence-electron chi connectivity index (χ0n) is 8.68. The Hall–Kier alpha value is -0.890. The van der Waals surface area contributed by atoms with Crippen molar-refractivity contribution in [2.75, 3.05) is 0 Å². The minimum atomic E-state index is 1.14. The third-order valence-electron chi connectivity index (χ3n) is 3.26. The molecule has 0 atom stereocenters. The lowest BCUT2D eigenvalue weighted by atomic mass is 10.0. The molecule has 0 saturated carbocycles.